The van der Waals surface area contributed by atoms with E-state index in [1.165, 1.54) is 12.1 Å². The molecule has 1 fully saturated rings. The summed E-state index contributed by atoms with van der Waals surface area (Å²) in [6.07, 6.45) is 2.07. The van der Waals surface area contributed by atoms with Crippen molar-refractivity contribution >= 4 is 5.91 Å². The number of hydrogen-bond acceptors (Lipinski definition) is 4. The van der Waals surface area contributed by atoms with Gasteiger partial charge in [-0.05, 0) is 61.7 Å². The minimum atomic E-state index is -0.276. The smallest absolute Gasteiger partial charge is 0.234 e. The molecule has 2 aliphatic heterocycles. The van der Waals surface area contributed by atoms with Crippen LogP contribution in [0.2, 0.25) is 0 Å². The zero-order chi connectivity index (χ0) is 19.5. The zero-order valence-electron chi connectivity index (χ0n) is 16.0. The summed E-state index contributed by atoms with van der Waals surface area (Å²) in [6, 6.07) is 12.3. The van der Waals surface area contributed by atoms with E-state index in [-0.39, 0.29) is 23.8 Å². The van der Waals surface area contributed by atoms with Crippen LogP contribution in [0, 0.1) is 5.82 Å². The van der Waals surface area contributed by atoms with E-state index in [0.29, 0.717) is 19.8 Å². The van der Waals surface area contributed by atoms with E-state index in [9.17, 15) is 9.18 Å². The fourth-order valence-electron chi connectivity index (χ4n) is 3.97. The molecule has 0 aromatic heterocycles. The third kappa shape index (κ3) is 4.12. The van der Waals surface area contributed by atoms with Crippen molar-refractivity contribution in [1.29, 1.82) is 0 Å². The van der Waals surface area contributed by atoms with Gasteiger partial charge in [0.15, 0.2) is 11.5 Å². The van der Waals surface area contributed by atoms with Gasteiger partial charge in [-0.15, -0.1) is 0 Å². The lowest BCUT2D eigenvalue weighted by Crippen LogP contribution is -2.38. The van der Waals surface area contributed by atoms with Crippen LogP contribution >= 0.6 is 0 Å². The van der Waals surface area contributed by atoms with Crippen LogP contribution in [0.25, 0.3) is 0 Å². The molecule has 2 heterocycles. The number of benzene rings is 2. The molecule has 6 heteroatoms. The molecule has 148 valence electrons. The molecule has 1 amide bonds. The Morgan fingerprint density at radius 1 is 1.18 bits per heavy atom. The number of nitrogens with one attached hydrogen (secondary N) is 1. The molecule has 0 radical (unpaired) electrons. The molecule has 0 spiro atoms. The number of fused-ring (bicyclic) bond motifs is 1. The van der Waals surface area contributed by atoms with Crippen molar-refractivity contribution in [1.82, 2.24) is 10.2 Å². The standard InChI is InChI=1S/C22H25FN2O3/c1-15(16-4-7-18(23)8-5-16)24-22(26)14-25-10-2-3-19(25)17-6-9-20-21(13-17)28-12-11-27-20/h4-9,13,15,19H,2-3,10-12,14H2,1H3,(H,24,26). The number of amides is 1. The predicted octanol–water partition coefficient (Wildman–Crippen LogP) is 3.61. The molecule has 2 aromatic carbocycles. The lowest BCUT2D eigenvalue weighted by atomic mass is 10.0. The average Bonchev–Trinajstić information content (AvgIpc) is 3.16. The van der Waals surface area contributed by atoms with Crippen LogP contribution in [0.15, 0.2) is 42.5 Å². The van der Waals surface area contributed by atoms with Gasteiger partial charge in [-0.1, -0.05) is 18.2 Å². The normalized spacial score (nSPS) is 20.0. The number of carbonyl (C=O) groups excluding carboxylic acids is 1. The highest BCUT2D eigenvalue weighted by Gasteiger charge is 2.29. The molecular formula is C22H25FN2O3. The van der Waals surface area contributed by atoms with E-state index in [2.05, 4.69) is 16.3 Å². The fraction of sp³-hybridized carbons (Fsp3) is 0.409. The maximum absolute atomic E-state index is 13.1. The van der Waals surface area contributed by atoms with Crippen LogP contribution in [0.5, 0.6) is 11.5 Å². The Labute approximate surface area is 164 Å². The largest absolute Gasteiger partial charge is 0.486 e. The first-order valence-electron chi connectivity index (χ1n) is 9.78. The second kappa shape index (κ2) is 8.19. The molecule has 2 aromatic rings. The predicted molar refractivity (Wildman–Crippen MR) is 104 cm³/mol. The maximum Gasteiger partial charge on any atom is 0.234 e. The Balaban J connectivity index is 1.39. The number of nitrogens with zero attached hydrogens (tertiary/aromatic N) is 1. The van der Waals surface area contributed by atoms with E-state index < -0.39 is 0 Å². The summed E-state index contributed by atoms with van der Waals surface area (Å²) in [4.78, 5) is 14.8. The van der Waals surface area contributed by atoms with E-state index >= 15 is 0 Å². The molecule has 5 nitrogen and oxygen atoms in total. The van der Waals surface area contributed by atoms with Gasteiger partial charge in [0.2, 0.25) is 5.91 Å². The minimum Gasteiger partial charge on any atom is -0.486 e. The molecule has 2 aliphatic rings. The van der Waals surface area contributed by atoms with Crippen LogP contribution in [0.4, 0.5) is 4.39 Å². The van der Waals surface area contributed by atoms with Crippen molar-refractivity contribution in [3.8, 4) is 11.5 Å². The van der Waals surface area contributed by atoms with Gasteiger partial charge >= 0.3 is 0 Å². The Morgan fingerprint density at radius 2 is 1.93 bits per heavy atom. The average molecular weight is 384 g/mol. The molecule has 28 heavy (non-hydrogen) atoms. The highest BCUT2D eigenvalue weighted by molar-refractivity contribution is 5.78. The van der Waals surface area contributed by atoms with Crippen LogP contribution in [0.1, 0.15) is 43.0 Å². The summed E-state index contributed by atoms with van der Waals surface area (Å²) < 4.78 is 24.4. The lowest BCUT2D eigenvalue weighted by Gasteiger charge is -2.26. The third-order valence-electron chi connectivity index (χ3n) is 5.41. The van der Waals surface area contributed by atoms with Gasteiger partial charge in [0.25, 0.3) is 0 Å². The Bertz CT molecular complexity index is 840. The highest BCUT2D eigenvalue weighted by Crippen LogP contribution is 2.37. The number of halogens is 1. The molecule has 2 unspecified atom stereocenters. The monoisotopic (exact) mass is 384 g/mol. The first-order valence-corrected chi connectivity index (χ1v) is 9.78. The molecule has 2 atom stereocenters. The van der Waals surface area contributed by atoms with Gasteiger partial charge in [-0.3, -0.25) is 9.69 Å². The van der Waals surface area contributed by atoms with E-state index in [1.54, 1.807) is 12.1 Å². The maximum atomic E-state index is 13.1. The van der Waals surface area contributed by atoms with Crippen molar-refractivity contribution in [3.05, 3.63) is 59.4 Å². The molecule has 0 aliphatic carbocycles. The van der Waals surface area contributed by atoms with Crippen molar-refractivity contribution in [2.75, 3.05) is 26.3 Å². The zero-order valence-corrected chi connectivity index (χ0v) is 16.0. The SMILES string of the molecule is CC(NC(=O)CN1CCCC1c1ccc2c(c1)OCCO2)c1ccc(F)cc1. The summed E-state index contributed by atoms with van der Waals surface area (Å²) in [6.45, 7) is 4.28. The van der Waals surface area contributed by atoms with Gasteiger partial charge in [-0.2, -0.15) is 0 Å². The third-order valence-corrected chi connectivity index (χ3v) is 5.41. The highest BCUT2D eigenvalue weighted by atomic mass is 19.1. The first kappa shape index (κ1) is 18.7. The number of hydrogen-bond donors (Lipinski definition) is 1. The summed E-state index contributed by atoms with van der Waals surface area (Å²) in [7, 11) is 0. The van der Waals surface area contributed by atoms with Crippen LogP contribution in [-0.2, 0) is 4.79 Å². The van der Waals surface area contributed by atoms with Crippen LogP contribution in [0.3, 0.4) is 0 Å². The second-order valence-electron chi connectivity index (χ2n) is 7.37. The quantitative estimate of drug-likeness (QED) is 0.856. The van der Waals surface area contributed by atoms with E-state index in [4.69, 9.17) is 9.47 Å². The van der Waals surface area contributed by atoms with Crippen molar-refractivity contribution < 1.29 is 18.7 Å². The summed E-state index contributed by atoms with van der Waals surface area (Å²) in [5.41, 5.74) is 2.04. The number of rotatable bonds is 5. The fourth-order valence-corrected chi connectivity index (χ4v) is 3.97. The molecule has 1 N–H and O–H groups in total. The van der Waals surface area contributed by atoms with Gasteiger partial charge in [0.1, 0.15) is 19.0 Å². The van der Waals surface area contributed by atoms with E-state index in [0.717, 1.165) is 42.0 Å². The van der Waals surface area contributed by atoms with Gasteiger partial charge in [0.05, 0.1) is 12.6 Å². The van der Waals surface area contributed by atoms with Crippen molar-refractivity contribution in [2.24, 2.45) is 0 Å². The number of carbonyl (C=O) groups is 1. The summed E-state index contributed by atoms with van der Waals surface area (Å²) >= 11 is 0. The van der Waals surface area contributed by atoms with Gasteiger partial charge in [-0.25, -0.2) is 4.39 Å². The summed E-state index contributed by atoms with van der Waals surface area (Å²) in [5.74, 6) is 1.26. The van der Waals surface area contributed by atoms with Crippen LogP contribution in [-0.4, -0.2) is 37.1 Å². The number of likely N-dealkylation sites (tertiary alicyclic amines) is 1. The molecule has 4 rings (SSSR count). The number of ether oxygens (including phenoxy) is 2. The Hall–Kier alpha value is -2.60. The topological polar surface area (TPSA) is 50.8 Å². The molecule has 0 bridgehead atoms. The lowest BCUT2D eigenvalue weighted by molar-refractivity contribution is -0.123. The van der Waals surface area contributed by atoms with Crippen molar-refractivity contribution in [3.63, 3.8) is 0 Å². The first-order chi connectivity index (χ1) is 13.6. The Kier molecular flexibility index (Phi) is 5.48. The molecule has 1 saturated heterocycles. The van der Waals surface area contributed by atoms with Gasteiger partial charge < -0.3 is 14.8 Å². The van der Waals surface area contributed by atoms with E-state index in [1.807, 2.05) is 19.1 Å². The summed E-state index contributed by atoms with van der Waals surface area (Å²) in [5, 5.41) is 3.02. The van der Waals surface area contributed by atoms with Crippen molar-refractivity contribution in [2.45, 2.75) is 31.8 Å². The second-order valence-corrected chi connectivity index (χ2v) is 7.37. The van der Waals surface area contributed by atoms with Gasteiger partial charge in [0, 0.05) is 6.04 Å². The molecular weight excluding hydrogens is 359 g/mol. The van der Waals surface area contributed by atoms with Crippen LogP contribution < -0.4 is 14.8 Å². The minimum absolute atomic E-state index is 0.0266. The molecule has 0 saturated carbocycles. The Morgan fingerprint density at radius 3 is 2.71 bits per heavy atom.